The SMILES string of the molecule is COCCNc1cc(OC)ccc1N=O. The summed E-state index contributed by atoms with van der Waals surface area (Å²) >= 11 is 0. The van der Waals surface area contributed by atoms with Crippen LogP contribution in [0.2, 0.25) is 0 Å². The number of anilines is 1. The Kier molecular flexibility index (Phi) is 4.56. The Bertz CT molecular complexity index is 328. The van der Waals surface area contributed by atoms with Crippen molar-refractivity contribution in [1.29, 1.82) is 0 Å². The van der Waals surface area contributed by atoms with Gasteiger partial charge in [0.25, 0.3) is 0 Å². The molecule has 0 bridgehead atoms. The summed E-state index contributed by atoms with van der Waals surface area (Å²) in [5, 5.41) is 5.96. The van der Waals surface area contributed by atoms with E-state index >= 15 is 0 Å². The molecule has 1 aromatic carbocycles. The number of nitrogens with one attached hydrogen (secondary N) is 1. The lowest BCUT2D eigenvalue weighted by Gasteiger charge is -2.08. The molecule has 5 heteroatoms. The second-order valence-corrected chi connectivity index (χ2v) is 2.89. The van der Waals surface area contributed by atoms with Gasteiger partial charge in [-0.1, -0.05) is 0 Å². The Labute approximate surface area is 88.4 Å². The molecule has 0 atom stereocenters. The first-order valence-corrected chi connectivity index (χ1v) is 4.56. The highest BCUT2D eigenvalue weighted by Crippen LogP contribution is 2.28. The second kappa shape index (κ2) is 5.98. The molecule has 82 valence electrons. The van der Waals surface area contributed by atoms with E-state index in [2.05, 4.69) is 10.5 Å². The topological polar surface area (TPSA) is 59.9 Å². The van der Waals surface area contributed by atoms with Gasteiger partial charge in [-0.3, -0.25) is 0 Å². The molecular formula is C10H14N2O3. The number of methoxy groups -OCH3 is 2. The fourth-order valence-corrected chi connectivity index (χ4v) is 1.15. The van der Waals surface area contributed by atoms with Crippen LogP contribution in [0.3, 0.4) is 0 Å². The predicted molar refractivity (Wildman–Crippen MR) is 58.8 cm³/mol. The molecule has 0 unspecified atom stereocenters. The van der Waals surface area contributed by atoms with Crippen molar-refractivity contribution >= 4 is 11.4 Å². The summed E-state index contributed by atoms with van der Waals surface area (Å²) in [6, 6.07) is 5.03. The van der Waals surface area contributed by atoms with Crippen molar-refractivity contribution in [3.05, 3.63) is 23.1 Å². The van der Waals surface area contributed by atoms with Crippen LogP contribution in [0.5, 0.6) is 5.75 Å². The van der Waals surface area contributed by atoms with Crippen LogP contribution in [0, 0.1) is 4.91 Å². The van der Waals surface area contributed by atoms with Crippen LogP contribution in [0.15, 0.2) is 23.4 Å². The van der Waals surface area contributed by atoms with E-state index < -0.39 is 0 Å². The van der Waals surface area contributed by atoms with Gasteiger partial charge in [0, 0.05) is 19.7 Å². The van der Waals surface area contributed by atoms with E-state index in [1.54, 1.807) is 32.4 Å². The molecule has 15 heavy (non-hydrogen) atoms. The second-order valence-electron chi connectivity index (χ2n) is 2.89. The van der Waals surface area contributed by atoms with E-state index in [4.69, 9.17) is 9.47 Å². The first-order chi connectivity index (χ1) is 7.31. The Balaban J connectivity index is 2.76. The molecule has 0 spiro atoms. The van der Waals surface area contributed by atoms with Gasteiger partial charge in [0.05, 0.1) is 19.4 Å². The van der Waals surface area contributed by atoms with Crippen LogP contribution in [-0.2, 0) is 4.74 Å². The van der Waals surface area contributed by atoms with Crippen molar-refractivity contribution in [3.8, 4) is 5.75 Å². The first-order valence-electron chi connectivity index (χ1n) is 4.56. The lowest BCUT2D eigenvalue weighted by molar-refractivity contribution is 0.211. The molecule has 0 saturated heterocycles. The number of hydrogen-bond donors (Lipinski definition) is 1. The standard InChI is InChI=1S/C10H14N2O3/c1-14-6-5-11-10-7-8(15-2)3-4-9(10)12-13/h3-4,7,11H,5-6H2,1-2H3. The van der Waals surface area contributed by atoms with Crippen molar-refractivity contribution in [2.75, 3.05) is 32.7 Å². The van der Waals surface area contributed by atoms with Crippen LogP contribution in [0.1, 0.15) is 0 Å². The monoisotopic (exact) mass is 210 g/mol. The molecule has 0 amide bonds. The van der Waals surface area contributed by atoms with Gasteiger partial charge in [0.1, 0.15) is 11.4 Å². The van der Waals surface area contributed by atoms with Gasteiger partial charge in [-0.25, -0.2) is 0 Å². The van der Waals surface area contributed by atoms with Gasteiger partial charge in [-0.2, -0.15) is 0 Å². The van der Waals surface area contributed by atoms with Gasteiger partial charge < -0.3 is 14.8 Å². The molecule has 0 heterocycles. The minimum atomic E-state index is 0.368. The molecule has 1 aromatic rings. The van der Waals surface area contributed by atoms with Gasteiger partial charge in [0.2, 0.25) is 0 Å². The smallest absolute Gasteiger partial charge is 0.131 e. The highest BCUT2D eigenvalue weighted by Gasteiger charge is 2.03. The molecule has 0 aromatic heterocycles. The molecule has 0 radical (unpaired) electrons. The molecule has 5 nitrogen and oxygen atoms in total. The first kappa shape index (κ1) is 11.5. The fraction of sp³-hybridized carbons (Fsp3) is 0.400. The largest absolute Gasteiger partial charge is 0.497 e. The third-order valence-corrected chi connectivity index (χ3v) is 1.92. The van der Waals surface area contributed by atoms with Crippen molar-refractivity contribution in [3.63, 3.8) is 0 Å². The zero-order valence-corrected chi connectivity index (χ0v) is 8.82. The quantitative estimate of drug-likeness (QED) is 0.577. The Morgan fingerprint density at radius 1 is 1.40 bits per heavy atom. The maximum atomic E-state index is 10.5. The third kappa shape index (κ3) is 3.21. The van der Waals surface area contributed by atoms with Crippen molar-refractivity contribution < 1.29 is 9.47 Å². The Morgan fingerprint density at radius 3 is 2.80 bits per heavy atom. The number of hydrogen-bond acceptors (Lipinski definition) is 5. The van der Waals surface area contributed by atoms with Crippen molar-refractivity contribution in [1.82, 2.24) is 0 Å². The number of nitrogens with zero attached hydrogens (tertiary/aromatic N) is 1. The van der Waals surface area contributed by atoms with Crippen LogP contribution in [-0.4, -0.2) is 27.4 Å². The van der Waals surface area contributed by atoms with Gasteiger partial charge >= 0.3 is 0 Å². The van der Waals surface area contributed by atoms with Crippen molar-refractivity contribution in [2.24, 2.45) is 5.18 Å². The highest BCUT2D eigenvalue weighted by atomic mass is 16.5. The van der Waals surface area contributed by atoms with Crippen LogP contribution < -0.4 is 10.1 Å². The zero-order chi connectivity index (χ0) is 11.1. The number of ether oxygens (including phenoxy) is 2. The summed E-state index contributed by atoms with van der Waals surface area (Å²) in [7, 11) is 3.19. The van der Waals surface area contributed by atoms with Gasteiger partial charge in [-0.15, -0.1) is 4.91 Å². The minimum absolute atomic E-state index is 0.368. The van der Waals surface area contributed by atoms with Gasteiger partial charge in [0.15, 0.2) is 0 Å². The lowest BCUT2D eigenvalue weighted by Crippen LogP contribution is -2.07. The van der Waals surface area contributed by atoms with E-state index in [0.29, 0.717) is 30.3 Å². The Morgan fingerprint density at radius 2 is 2.20 bits per heavy atom. The molecule has 1 N–H and O–H groups in total. The fourth-order valence-electron chi connectivity index (χ4n) is 1.15. The lowest BCUT2D eigenvalue weighted by atomic mass is 10.2. The summed E-state index contributed by atoms with van der Waals surface area (Å²) in [6.45, 7) is 1.18. The van der Waals surface area contributed by atoms with E-state index in [9.17, 15) is 4.91 Å². The molecule has 0 saturated carbocycles. The van der Waals surface area contributed by atoms with E-state index in [1.807, 2.05) is 0 Å². The number of rotatable bonds is 6. The van der Waals surface area contributed by atoms with E-state index in [1.165, 1.54) is 0 Å². The molecule has 0 aliphatic rings. The normalized spacial score (nSPS) is 9.73. The maximum Gasteiger partial charge on any atom is 0.131 e. The molecule has 0 aliphatic carbocycles. The molecule has 0 aliphatic heterocycles. The summed E-state index contributed by atoms with van der Waals surface area (Å²) < 4.78 is 9.94. The van der Waals surface area contributed by atoms with E-state index in [0.717, 1.165) is 0 Å². The minimum Gasteiger partial charge on any atom is -0.497 e. The zero-order valence-electron chi connectivity index (χ0n) is 8.82. The third-order valence-electron chi connectivity index (χ3n) is 1.92. The summed E-state index contributed by atoms with van der Waals surface area (Å²) in [5.41, 5.74) is 1.02. The number of benzene rings is 1. The summed E-state index contributed by atoms with van der Waals surface area (Å²) in [6.07, 6.45) is 0. The van der Waals surface area contributed by atoms with Crippen molar-refractivity contribution in [2.45, 2.75) is 0 Å². The predicted octanol–water partition coefficient (Wildman–Crippen LogP) is 2.15. The average molecular weight is 210 g/mol. The summed E-state index contributed by atoms with van der Waals surface area (Å²) in [4.78, 5) is 10.5. The van der Waals surface area contributed by atoms with Gasteiger partial charge in [-0.05, 0) is 17.3 Å². The van der Waals surface area contributed by atoms with Crippen LogP contribution in [0.25, 0.3) is 0 Å². The maximum absolute atomic E-state index is 10.5. The summed E-state index contributed by atoms with van der Waals surface area (Å²) in [5.74, 6) is 0.683. The molecule has 1 rings (SSSR count). The molecular weight excluding hydrogens is 196 g/mol. The highest BCUT2D eigenvalue weighted by molar-refractivity contribution is 5.67. The van der Waals surface area contributed by atoms with Crippen LogP contribution in [0.4, 0.5) is 11.4 Å². The van der Waals surface area contributed by atoms with Crippen LogP contribution >= 0.6 is 0 Å². The average Bonchev–Trinajstić information content (AvgIpc) is 2.29. The van der Waals surface area contributed by atoms with E-state index in [-0.39, 0.29) is 0 Å². The number of nitroso groups, excluding NO2 is 1. The Hall–Kier alpha value is -1.62. The molecule has 0 fully saturated rings.